The zero-order valence-electron chi connectivity index (χ0n) is 19.1. The molecule has 0 aliphatic carbocycles. The maximum Gasteiger partial charge on any atom is 0.204 e. The minimum absolute atomic E-state index is 0.0247. The second-order valence-electron chi connectivity index (χ2n) is 8.44. The van der Waals surface area contributed by atoms with Crippen LogP contribution in [0.15, 0.2) is 30.6 Å². The molecule has 2 aromatic heterocycles. The van der Waals surface area contributed by atoms with E-state index in [0.717, 1.165) is 19.0 Å². The molecule has 5 rings (SSSR count). The molecule has 0 spiro atoms. The predicted octanol–water partition coefficient (Wildman–Crippen LogP) is 4.72. The summed E-state index contributed by atoms with van der Waals surface area (Å²) in [5, 5.41) is 13.8. The number of likely N-dealkylation sites (tertiary alicyclic amines) is 1. The normalized spacial score (nSPS) is 15.8. The van der Waals surface area contributed by atoms with Crippen molar-refractivity contribution in [1.82, 2.24) is 24.6 Å². The highest BCUT2D eigenvalue weighted by Crippen LogP contribution is 2.37. The molecule has 37 heavy (non-hydrogen) atoms. The summed E-state index contributed by atoms with van der Waals surface area (Å²) < 4.78 is 76.8. The fourth-order valence-corrected chi connectivity index (χ4v) is 4.37. The summed E-state index contributed by atoms with van der Waals surface area (Å²) in [5.74, 6) is -9.37. The molecule has 13 heteroatoms. The average Bonchev–Trinajstić information content (AvgIpc) is 3.50. The maximum absolute atomic E-state index is 15.3. The van der Waals surface area contributed by atoms with Gasteiger partial charge in [0.05, 0.1) is 17.5 Å². The van der Waals surface area contributed by atoms with Gasteiger partial charge >= 0.3 is 0 Å². The maximum atomic E-state index is 15.3. The standard InChI is InChI=1S/C24H18F5N7O/c25-15-8-13(37-22-19(28)16(26)9-17(27)20(22)29)2-3-14(15)21-18-23(31)32-11-33-24(18)36(34-21)12-4-7-35(10-12)6-1-5-30/h2-3,8-9,11-12H,1,4,6-7,10H2,(H2,31,32,33). The molecule has 2 aromatic carbocycles. The van der Waals surface area contributed by atoms with Crippen molar-refractivity contribution in [3.63, 3.8) is 0 Å². The molecule has 2 N–H and O–H groups in total. The van der Waals surface area contributed by atoms with Gasteiger partial charge in [0.25, 0.3) is 0 Å². The minimum atomic E-state index is -1.75. The second kappa shape index (κ2) is 9.62. The number of hydrogen-bond acceptors (Lipinski definition) is 7. The third-order valence-corrected chi connectivity index (χ3v) is 6.14. The Kier molecular flexibility index (Phi) is 6.34. The molecule has 0 saturated carbocycles. The molecule has 3 heterocycles. The summed E-state index contributed by atoms with van der Waals surface area (Å²) in [5.41, 5.74) is 6.60. The van der Waals surface area contributed by atoms with Crippen LogP contribution in [0.25, 0.3) is 22.3 Å². The molecule has 190 valence electrons. The number of benzene rings is 2. The van der Waals surface area contributed by atoms with Gasteiger partial charge in [-0.15, -0.1) is 0 Å². The van der Waals surface area contributed by atoms with E-state index in [-0.39, 0.29) is 29.2 Å². The molecule has 0 radical (unpaired) electrons. The zero-order chi connectivity index (χ0) is 26.3. The van der Waals surface area contributed by atoms with Crippen LogP contribution in [-0.4, -0.2) is 44.3 Å². The highest BCUT2D eigenvalue weighted by atomic mass is 19.2. The molecule has 1 aliphatic rings. The first-order valence-electron chi connectivity index (χ1n) is 11.2. The number of hydrogen-bond donors (Lipinski definition) is 1. The number of nitrogens with zero attached hydrogens (tertiary/aromatic N) is 6. The Labute approximate surface area is 206 Å². The molecule has 0 bridgehead atoms. The lowest BCUT2D eigenvalue weighted by Crippen LogP contribution is -2.23. The molecule has 1 atom stereocenters. The Morgan fingerprint density at radius 2 is 1.81 bits per heavy atom. The van der Waals surface area contributed by atoms with E-state index in [2.05, 4.69) is 26.0 Å². The number of anilines is 1. The van der Waals surface area contributed by atoms with Gasteiger partial charge in [-0.25, -0.2) is 27.8 Å². The lowest BCUT2D eigenvalue weighted by molar-refractivity contribution is 0.328. The Morgan fingerprint density at radius 3 is 2.51 bits per heavy atom. The van der Waals surface area contributed by atoms with E-state index in [4.69, 9.17) is 15.7 Å². The van der Waals surface area contributed by atoms with Crippen LogP contribution in [0.1, 0.15) is 18.9 Å². The average molecular weight is 515 g/mol. The quantitative estimate of drug-likeness (QED) is 0.293. The number of nitrogen functional groups attached to an aromatic ring is 1. The van der Waals surface area contributed by atoms with Crippen LogP contribution in [0.2, 0.25) is 0 Å². The van der Waals surface area contributed by atoms with Crippen molar-refractivity contribution in [2.75, 3.05) is 25.4 Å². The Bertz CT molecular complexity index is 1530. The third-order valence-electron chi connectivity index (χ3n) is 6.14. The molecular formula is C24H18F5N7O. The number of nitrogens with two attached hydrogens (primary N) is 1. The van der Waals surface area contributed by atoms with Crippen molar-refractivity contribution < 1.29 is 26.7 Å². The largest absolute Gasteiger partial charge is 0.451 e. The van der Waals surface area contributed by atoms with Crippen LogP contribution in [-0.2, 0) is 0 Å². The van der Waals surface area contributed by atoms with Crippen molar-refractivity contribution in [2.45, 2.75) is 18.9 Å². The fourth-order valence-electron chi connectivity index (χ4n) is 4.37. The van der Waals surface area contributed by atoms with Crippen LogP contribution in [0.3, 0.4) is 0 Å². The van der Waals surface area contributed by atoms with Crippen molar-refractivity contribution in [1.29, 1.82) is 5.26 Å². The number of ether oxygens (including phenoxy) is 1. The lowest BCUT2D eigenvalue weighted by Gasteiger charge is -2.14. The van der Waals surface area contributed by atoms with Gasteiger partial charge in [-0.2, -0.15) is 19.1 Å². The summed E-state index contributed by atoms with van der Waals surface area (Å²) >= 11 is 0. The van der Waals surface area contributed by atoms with Gasteiger partial charge in [-0.1, -0.05) is 0 Å². The second-order valence-corrected chi connectivity index (χ2v) is 8.44. The Balaban J connectivity index is 1.52. The molecule has 1 aliphatic heterocycles. The van der Waals surface area contributed by atoms with E-state index < -0.39 is 40.6 Å². The summed E-state index contributed by atoms with van der Waals surface area (Å²) in [6.45, 7) is 1.97. The van der Waals surface area contributed by atoms with Crippen molar-refractivity contribution in [3.8, 4) is 28.8 Å². The fraction of sp³-hybridized carbons (Fsp3) is 0.250. The van der Waals surface area contributed by atoms with Gasteiger partial charge in [-0.05, 0) is 18.6 Å². The smallest absolute Gasteiger partial charge is 0.204 e. The minimum Gasteiger partial charge on any atom is -0.451 e. The van der Waals surface area contributed by atoms with Crippen molar-refractivity contribution in [2.24, 2.45) is 0 Å². The Hall–Kier alpha value is -4.31. The topological polar surface area (TPSA) is 106 Å². The van der Waals surface area contributed by atoms with Gasteiger partial charge in [0.1, 0.15) is 29.4 Å². The van der Waals surface area contributed by atoms with E-state index >= 15 is 4.39 Å². The van der Waals surface area contributed by atoms with Crippen molar-refractivity contribution in [3.05, 3.63) is 59.7 Å². The molecule has 1 saturated heterocycles. The summed E-state index contributed by atoms with van der Waals surface area (Å²) in [7, 11) is 0. The van der Waals surface area contributed by atoms with Gasteiger partial charge in [0, 0.05) is 43.8 Å². The van der Waals surface area contributed by atoms with E-state index in [0.29, 0.717) is 30.5 Å². The van der Waals surface area contributed by atoms with Crippen LogP contribution >= 0.6 is 0 Å². The number of rotatable bonds is 6. The zero-order valence-corrected chi connectivity index (χ0v) is 19.1. The SMILES string of the molecule is N#CCCN1CCC(n2nc(-c3ccc(Oc4c(F)c(F)cc(F)c4F)cc3F)c3c(N)ncnc32)C1. The van der Waals surface area contributed by atoms with E-state index in [1.165, 1.54) is 18.5 Å². The Morgan fingerprint density at radius 1 is 1.05 bits per heavy atom. The summed E-state index contributed by atoms with van der Waals surface area (Å²) in [6, 6.07) is 5.27. The first-order valence-corrected chi connectivity index (χ1v) is 11.2. The monoisotopic (exact) mass is 515 g/mol. The van der Waals surface area contributed by atoms with Crippen LogP contribution in [0.4, 0.5) is 27.8 Å². The molecule has 0 amide bonds. The number of aromatic nitrogens is 4. The highest BCUT2D eigenvalue weighted by molar-refractivity contribution is 5.98. The first kappa shape index (κ1) is 24.4. The van der Waals surface area contributed by atoms with E-state index in [1.807, 2.05) is 0 Å². The summed E-state index contributed by atoms with van der Waals surface area (Å²) in [4.78, 5) is 10.4. The lowest BCUT2D eigenvalue weighted by atomic mass is 10.1. The molecular weight excluding hydrogens is 497 g/mol. The van der Waals surface area contributed by atoms with E-state index in [9.17, 15) is 17.6 Å². The van der Waals surface area contributed by atoms with Crippen molar-refractivity contribution >= 4 is 16.9 Å². The van der Waals surface area contributed by atoms with Crippen LogP contribution in [0.5, 0.6) is 11.5 Å². The molecule has 1 unspecified atom stereocenters. The van der Waals surface area contributed by atoms with Crippen LogP contribution in [0, 0.1) is 40.4 Å². The molecule has 1 fully saturated rings. The highest BCUT2D eigenvalue weighted by Gasteiger charge is 2.29. The summed E-state index contributed by atoms with van der Waals surface area (Å²) in [6.07, 6.45) is 2.39. The molecule has 8 nitrogen and oxygen atoms in total. The van der Waals surface area contributed by atoms with Gasteiger partial charge < -0.3 is 15.4 Å². The number of fused-ring (bicyclic) bond motifs is 1. The molecule has 4 aromatic rings. The van der Waals surface area contributed by atoms with Gasteiger partial charge in [0.15, 0.2) is 17.3 Å². The number of nitriles is 1. The van der Waals surface area contributed by atoms with Gasteiger partial charge in [0.2, 0.25) is 17.4 Å². The third kappa shape index (κ3) is 4.40. The number of halogens is 5. The predicted molar refractivity (Wildman–Crippen MR) is 122 cm³/mol. The van der Waals surface area contributed by atoms with Gasteiger partial charge in [-0.3, -0.25) is 0 Å². The van der Waals surface area contributed by atoms with Crippen LogP contribution < -0.4 is 10.5 Å². The van der Waals surface area contributed by atoms with E-state index in [1.54, 1.807) is 4.68 Å². The first-order chi connectivity index (χ1) is 17.8.